The van der Waals surface area contributed by atoms with Crippen molar-refractivity contribution >= 4 is 40.9 Å². The second-order valence-corrected chi connectivity index (χ2v) is 6.86. The number of amides is 2. The number of urea groups is 1. The summed E-state index contributed by atoms with van der Waals surface area (Å²) in [4.78, 5) is 19.0. The monoisotopic (exact) mass is 538 g/mol. The van der Waals surface area contributed by atoms with E-state index in [-0.39, 0.29) is 11.4 Å². The highest BCUT2D eigenvalue weighted by Crippen LogP contribution is 2.25. The molecule has 1 heterocycles. The molecule has 34 heavy (non-hydrogen) atoms. The molecule has 1 aromatic heterocycles. The number of ether oxygens (including phenoxy) is 3. The predicted octanol–water partition coefficient (Wildman–Crippen LogP) is 5.96. The molecule has 0 aliphatic heterocycles. The van der Waals surface area contributed by atoms with Crippen LogP contribution >= 0.6 is 23.2 Å². The third kappa shape index (κ3) is 10.2. The predicted molar refractivity (Wildman–Crippen MR) is 105 cm³/mol. The van der Waals surface area contributed by atoms with Crippen LogP contribution < -0.4 is 24.8 Å². The summed E-state index contributed by atoms with van der Waals surface area (Å²) in [5, 5.41) is 4.26. The van der Waals surface area contributed by atoms with Gasteiger partial charge in [-0.1, -0.05) is 23.2 Å². The zero-order chi connectivity index (χ0) is 25.5. The van der Waals surface area contributed by atoms with Crippen molar-refractivity contribution in [2.45, 2.75) is 12.4 Å². The fourth-order valence-corrected chi connectivity index (χ4v) is 2.01. The Balaban J connectivity index is 2.10. The highest BCUT2D eigenvalue weighted by molar-refractivity contribution is 6.56. The first kappa shape index (κ1) is 27.0. The molecule has 2 amide bonds. The molecule has 0 spiro atoms. The van der Waals surface area contributed by atoms with Crippen molar-refractivity contribution in [2.24, 2.45) is 0 Å². The second-order valence-electron chi connectivity index (χ2n) is 5.92. The molecule has 0 saturated carbocycles. The normalized spacial score (nSPS) is 11.4. The van der Waals surface area contributed by atoms with Gasteiger partial charge >= 0.3 is 24.4 Å². The van der Waals surface area contributed by atoms with Gasteiger partial charge in [0, 0.05) is 5.69 Å². The lowest BCUT2D eigenvalue weighted by Crippen LogP contribution is -2.23. The highest BCUT2D eigenvalue weighted by Gasteiger charge is 2.30. The summed E-state index contributed by atoms with van der Waals surface area (Å²) < 4.78 is 100. The molecule has 0 atom stereocenters. The number of hydrogen-bond acceptors (Lipinski definition) is 6. The summed E-state index contributed by atoms with van der Waals surface area (Å²) in [6, 6.07) is 3.22. The van der Waals surface area contributed by atoms with E-state index in [9.17, 15) is 35.5 Å². The molecule has 2 rings (SSSR count). The van der Waals surface area contributed by atoms with Crippen molar-refractivity contribution in [2.75, 3.05) is 23.8 Å². The Morgan fingerprint density at radius 2 is 1.38 bits per heavy atom. The molecule has 186 valence electrons. The number of anilines is 2. The van der Waals surface area contributed by atoms with Gasteiger partial charge in [0.1, 0.15) is 5.75 Å². The van der Waals surface area contributed by atoms with Gasteiger partial charge in [-0.2, -0.15) is 40.7 Å². The van der Waals surface area contributed by atoms with E-state index >= 15 is 0 Å². The molecule has 1 aromatic carbocycles. The Kier molecular flexibility index (Phi) is 8.98. The SMILES string of the molecule is O=C(Nc1ccc(OC(F)=C(Cl)Cl)cc1)Nc1nc(OCC(F)(F)F)cc(OCC(F)(F)F)n1. The molecule has 17 heteroatoms. The van der Waals surface area contributed by atoms with E-state index < -0.39 is 59.8 Å². The topological polar surface area (TPSA) is 94.6 Å². The van der Waals surface area contributed by atoms with Gasteiger partial charge in [0.05, 0.1) is 6.07 Å². The third-order valence-corrected chi connectivity index (χ3v) is 3.44. The second kappa shape index (κ2) is 11.3. The number of alkyl halides is 6. The molecular formula is C17H11Cl2F7N4O4. The van der Waals surface area contributed by atoms with Crippen molar-refractivity contribution < 1.29 is 49.7 Å². The first-order valence-corrected chi connectivity index (χ1v) is 9.30. The molecule has 2 aromatic rings. The minimum atomic E-state index is -4.77. The maximum Gasteiger partial charge on any atom is 0.422 e. The first-order chi connectivity index (χ1) is 15.7. The third-order valence-electron chi connectivity index (χ3n) is 3.14. The van der Waals surface area contributed by atoms with E-state index in [1.807, 2.05) is 5.32 Å². The van der Waals surface area contributed by atoms with Gasteiger partial charge in [-0.3, -0.25) is 5.32 Å². The zero-order valence-corrected chi connectivity index (χ0v) is 17.7. The first-order valence-electron chi connectivity index (χ1n) is 8.55. The standard InChI is InChI=1S/C17H11Cl2F7N4O4/c18-12(19)13(20)34-9-3-1-8(2-4-9)27-15(31)30-14-28-10(32-6-16(21,22)23)5-11(29-14)33-7-17(24,25)26/h1-5H,6-7H2,(H2,27,28,29,30,31). The lowest BCUT2D eigenvalue weighted by Gasteiger charge is -2.13. The average Bonchev–Trinajstić information content (AvgIpc) is 2.71. The minimum Gasteiger partial charge on any atom is -0.468 e. The van der Waals surface area contributed by atoms with E-state index in [1.165, 1.54) is 24.3 Å². The Morgan fingerprint density at radius 3 is 1.82 bits per heavy atom. The van der Waals surface area contributed by atoms with Crippen LogP contribution in [0.4, 0.5) is 47.2 Å². The van der Waals surface area contributed by atoms with Crippen molar-refractivity contribution in [1.82, 2.24) is 9.97 Å². The van der Waals surface area contributed by atoms with Crippen LogP contribution in [0.5, 0.6) is 17.5 Å². The summed E-state index contributed by atoms with van der Waals surface area (Å²) in [5.74, 6) is -2.38. The van der Waals surface area contributed by atoms with E-state index in [2.05, 4.69) is 29.5 Å². The molecule has 0 radical (unpaired) electrons. The van der Waals surface area contributed by atoms with Crippen LogP contribution in [0.15, 0.2) is 40.8 Å². The molecule has 0 bridgehead atoms. The van der Waals surface area contributed by atoms with Gasteiger partial charge in [0.15, 0.2) is 17.7 Å². The molecule has 0 fully saturated rings. The van der Waals surface area contributed by atoms with Gasteiger partial charge in [0.2, 0.25) is 17.7 Å². The molecule has 0 saturated heterocycles. The number of aromatic nitrogens is 2. The summed E-state index contributed by atoms with van der Waals surface area (Å²) in [6.07, 6.45) is -9.54. The summed E-state index contributed by atoms with van der Waals surface area (Å²) in [6.45, 7) is -3.62. The Bertz CT molecular complexity index is 994. The number of halogens is 9. The number of carbonyl (C=O) groups excluding carboxylic acids is 1. The van der Waals surface area contributed by atoms with Gasteiger partial charge < -0.3 is 19.5 Å². The summed E-state index contributed by atoms with van der Waals surface area (Å²) in [7, 11) is 0. The van der Waals surface area contributed by atoms with Gasteiger partial charge in [-0.05, 0) is 24.3 Å². The van der Waals surface area contributed by atoms with Crippen LogP contribution in [0.25, 0.3) is 0 Å². The van der Waals surface area contributed by atoms with Gasteiger partial charge in [-0.25, -0.2) is 4.79 Å². The number of carbonyl (C=O) groups is 1. The maximum absolute atomic E-state index is 13.2. The van der Waals surface area contributed by atoms with E-state index in [0.717, 1.165) is 0 Å². The Labute approximate surface area is 195 Å². The largest absolute Gasteiger partial charge is 0.468 e. The number of hydrogen-bond donors (Lipinski definition) is 2. The minimum absolute atomic E-state index is 0.0356. The molecule has 8 nitrogen and oxygen atoms in total. The van der Waals surface area contributed by atoms with Crippen molar-refractivity contribution in [1.29, 1.82) is 0 Å². The van der Waals surface area contributed by atoms with Crippen LogP contribution in [0, 0.1) is 0 Å². The van der Waals surface area contributed by atoms with E-state index in [4.69, 9.17) is 23.2 Å². The fourth-order valence-electron chi connectivity index (χ4n) is 1.93. The smallest absolute Gasteiger partial charge is 0.422 e. The van der Waals surface area contributed by atoms with Crippen molar-refractivity contribution in [3.63, 3.8) is 0 Å². The number of nitrogens with zero attached hydrogens (tertiary/aromatic N) is 2. The average molecular weight is 539 g/mol. The number of nitrogens with one attached hydrogen (secondary N) is 2. The molecule has 2 N–H and O–H groups in total. The lowest BCUT2D eigenvalue weighted by atomic mass is 10.3. The summed E-state index contributed by atoms with van der Waals surface area (Å²) >= 11 is 10.4. The van der Waals surface area contributed by atoms with Crippen LogP contribution in [0.3, 0.4) is 0 Å². The van der Waals surface area contributed by atoms with Gasteiger partial charge in [-0.15, -0.1) is 0 Å². The zero-order valence-electron chi connectivity index (χ0n) is 16.2. The van der Waals surface area contributed by atoms with E-state index in [1.54, 1.807) is 0 Å². The van der Waals surface area contributed by atoms with E-state index in [0.29, 0.717) is 6.07 Å². The lowest BCUT2D eigenvalue weighted by molar-refractivity contribution is -0.154. The Morgan fingerprint density at radius 1 is 0.882 bits per heavy atom. The highest BCUT2D eigenvalue weighted by atomic mass is 35.5. The van der Waals surface area contributed by atoms with Crippen LogP contribution in [0.2, 0.25) is 0 Å². The number of benzene rings is 1. The van der Waals surface area contributed by atoms with Crippen LogP contribution in [-0.2, 0) is 0 Å². The molecular weight excluding hydrogens is 528 g/mol. The quantitative estimate of drug-likeness (QED) is 0.318. The maximum atomic E-state index is 13.2. The van der Waals surface area contributed by atoms with Crippen molar-refractivity contribution in [3.05, 3.63) is 40.8 Å². The Hall–Kier alpha value is -3.20. The van der Waals surface area contributed by atoms with Gasteiger partial charge in [0.25, 0.3) is 0 Å². The molecule has 0 aliphatic rings. The number of rotatable bonds is 8. The van der Waals surface area contributed by atoms with Crippen LogP contribution in [0.1, 0.15) is 0 Å². The fraction of sp³-hybridized carbons (Fsp3) is 0.235. The van der Waals surface area contributed by atoms with Crippen LogP contribution in [-0.4, -0.2) is 41.6 Å². The molecule has 0 aliphatic carbocycles. The molecule has 0 unspecified atom stereocenters. The van der Waals surface area contributed by atoms with Crippen molar-refractivity contribution in [3.8, 4) is 17.5 Å². The summed E-state index contributed by atoms with van der Waals surface area (Å²) in [5.41, 5.74) is 0.115.